The van der Waals surface area contributed by atoms with Gasteiger partial charge >= 0.3 is 0 Å². The topological polar surface area (TPSA) is 78.4 Å². The number of carbonyl (C=O) groups excluding carboxylic acids is 2. The smallest absolute Gasteiger partial charge is 0.262 e. The predicted octanol–water partition coefficient (Wildman–Crippen LogP) is 2.25. The third kappa shape index (κ3) is 5.41. The molecule has 2 rings (SSSR count). The van der Waals surface area contributed by atoms with Gasteiger partial charge in [-0.05, 0) is 29.9 Å². The lowest BCUT2D eigenvalue weighted by atomic mass is 9.95. The van der Waals surface area contributed by atoms with Crippen LogP contribution in [0, 0.1) is 0 Å². The van der Waals surface area contributed by atoms with Crippen LogP contribution in [0.1, 0.15) is 30.2 Å². The number of thiophene rings is 1. The van der Waals surface area contributed by atoms with Crippen LogP contribution in [0.15, 0.2) is 47.8 Å². The number of carbonyl (C=O) groups is 2. The summed E-state index contributed by atoms with van der Waals surface area (Å²) in [6, 6.07) is 13.3. The zero-order valence-electron chi connectivity index (χ0n) is 14.3. The number of hydrogen-bond acceptors (Lipinski definition) is 4. The summed E-state index contributed by atoms with van der Waals surface area (Å²) < 4.78 is 0. The molecule has 1 aromatic carbocycles. The first kappa shape index (κ1) is 19.1. The van der Waals surface area contributed by atoms with Crippen molar-refractivity contribution in [2.24, 2.45) is 0 Å². The van der Waals surface area contributed by atoms with Crippen LogP contribution in [-0.4, -0.2) is 29.1 Å². The predicted molar refractivity (Wildman–Crippen MR) is 99.2 cm³/mol. The van der Waals surface area contributed by atoms with Gasteiger partial charge < -0.3 is 15.7 Å². The molecule has 1 atom stereocenters. The Morgan fingerprint density at radius 3 is 2.44 bits per heavy atom. The van der Waals surface area contributed by atoms with E-state index in [1.54, 1.807) is 11.3 Å². The Bertz CT molecular complexity index is 673. The first-order valence-electron chi connectivity index (χ1n) is 8.41. The van der Waals surface area contributed by atoms with E-state index in [2.05, 4.69) is 10.6 Å². The van der Waals surface area contributed by atoms with E-state index < -0.39 is 17.4 Å². The second kappa shape index (κ2) is 9.34. The highest BCUT2D eigenvalue weighted by Gasteiger charge is 2.42. The third-order valence-corrected chi connectivity index (χ3v) is 4.83. The molecule has 134 valence electrons. The van der Waals surface area contributed by atoms with Crippen LogP contribution < -0.4 is 10.6 Å². The molecule has 0 aliphatic heterocycles. The molecular formula is C19H24N2O3S. The summed E-state index contributed by atoms with van der Waals surface area (Å²) in [5.41, 5.74) is -1.13. The summed E-state index contributed by atoms with van der Waals surface area (Å²) in [5.74, 6) is -1.30. The van der Waals surface area contributed by atoms with Gasteiger partial charge in [0.05, 0.1) is 0 Å². The molecule has 0 spiro atoms. The molecule has 0 aliphatic carbocycles. The molecule has 3 N–H and O–H groups in total. The van der Waals surface area contributed by atoms with Gasteiger partial charge in [-0.2, -0.15) is 0 Å². The van der Waals surface area contributed by atoms with E-state index in [1.807, 2.05) is 54.8 Å². The molecule has 6 heteroatoms. The van der Waals surface area contributed by atoms with Gasteiger partial charge in [-0.15, -0.1) is 11.3 Å². The monoisotopic (exact) mass is 360 g/mol. The SMILES string of the molecule is CCC[C@](O)(C(=O)NCCc1cccs1)C(=O)NCc1ccccc1. The number of benzene rings is 1. The Morgan fingerprint density at radius 2 is 1.80 bits per heavy atom. The molecule has 0 bridgehead atoms. The zero-order valence-corrected chi connectivity index (χ0v) is 15.1. The van der Waals surface area contributed by atoms with Crippen molar-refractivity contribution < 1.29 is 14.7 Å². The molecule has 1 heterocycles. The van der Waals surface area contributed by atoms with E-state index in [-0.39, 0.29) is 13.0 Å². The number of hydrogen-bond donors (Lipinski definition) is 3. The Balaban J connectivity index is 1.92. The van der Waals surface area contributed by atoms with Crippen molar-refractivity contribution in [3.63, 3.8) is 0 Å². The van der Waals surface area contributed by atoms with E-state index in [0.717, 1.165) is 10.4 Å². The van der Waals surface area contributed by atoms with Crippen LogP contribution in [0.25, 0.3) is 0 Å². The number of nitrogens with one attached hydrogen (secondary N) is 2. The molecule has 0 radical (unpaired) electrons. The molecule has 0 saturated carbocycles. The van der Waals surface area contributed by atoms with E-state index in [9.17, 15) is 14.7 Å². The van der Waals surface area contributed by atoms with E-state index >= 15 is 0 Å². The van der Waals surface area contributed by atoms with Gasteiger partial charge in [0.1, 0.15) is 0 Å². The molecule has 2 aromatic rings. The average Bonchev–Trinajstić information content (AvgIpc) is 3.14. The van der Waals surface area contributed by atoms with Crippen LogP contribution in [0.4, 0.5) is 0 Å². The maximum Gasteiger partial charge on any atom is 0.262 e. The number of amides is 2. The van der Waals surface area contributed by atoms with Crippen LogP contribution in [0.3, 0.4) is 0 Å². The highest BCUT2D eigenvalue weighted by Crippen LogP contribution is 2.15. The molecule has 2 amide bonds. The highest BCUT2D eigenvalue weighted by molar-refractivity contribution is 7.09. The summed E-state index contributed by atoms with van der Waals surface area (Å²) in [5, 5.41) is 18.0. The molecule has 0 fully saturated rings. The fraction of sp³-hybridized carbons (Fsp3) is 0.368. The Morgan fingerprint density at radius 1 is 1.08 bits per heavy atom. The minimum absolute atomic E-state index is 0.0818. The minimum Gasteiger partial charge on any atom is -0.372 e. The van der Waals surface area contributed by atoms with Gasteiger partial charge in [-0.25, -0.2) is 0 Å². The second-order valence-electron chi connectivity index (χ2n) is 5.86. The summed E-state index contributed by atoms with van der Waals surface area (Å²) in [4.78, 5) is 26.0. The van der Waals surface area contributed by atoms with Gasteiger partial charge in [0.25, 0.3) is 11.8 Å². The van der Waals surface area contributed by atoms with Crippen molar-refractivity contribution in [2.45, 2.75) is 38.3 Å². The van der Waals surface area contributed by atoms with Crippen molar-refractivity contribution in [1.29, 1.82) is 0 Å². The van der Waals surface area contributed by atoms with Crippen LogP contribution in [-0.2, 0) is 22.6 Å². The number of aliphatic hydroxyl groups is 1. The normalized spacial score (nSPS) is 13.0. The van der Waals surface area contributed by atoms with Crippen molar-refractivity contribution in [1.82, 2.24) is 10.6 Å². The van der Waals surface area contributed by atoms with Gasteiger partial charge in [-0.1, -0.05) is 49.7 Å². The fourth-order valence-electron chi connectivity index (χ4n) is 2.52. The van der Waals surface area contributed by atoms with Gasteiger partial charge in [0.15, 0.2) is 0 Å². The summed E-state index contributed by atoms with van der Waals surface area (Å²) in [6.45, 7) is 2.49. The molecule has 5 nitrogen and oxygen atoms in total. The van der Waals surface area contributed by atoms with E-state index in [0.29, 0.717) is 19.4 Å². The first-order chi connectivity index (χ1) is 12.1. The molecule has 1 aromatic heterocycles. The van der Waals surface area contributed by atoms with Crippen molar-refractivity contribution in [2.75, 3.05) is 6.54 Å². The first-order valence-corrected chi connectivity index (χ1v) is 9.29. The van der Waals surface area contributed by atoms with E-state index in [4.69, 9.17) is 0 Å². The van der Waals surface area contributed by atoms with Crippen molar-refractivity contribution >= 4 is 23.2 Å². The maximum atomic E-state index is 12.4. The zero-order chi connectivity index (χ0) is 18.1. The third-order valence-electron chi connectivity index (χ3n) is 3.90. The molecule has 25 heavy (non-hydrogen) atoms. The average molecular weight is 360 g/mol. The molecule has 0 unspecified atom stereocenters. The van der Waals surface area contributed by atoms with Gasteiger partial charge in [-0.3, -0.25) is 9.59 Å². The van der Waals surface area contributed by atoms with Crippen LogP contribution in [0.2, 0.25) is 0 Å². The largest absolute Gasteiger partial charge is 0.372 e. The molecule has 0 saturated heterocycles. The minimum atomic E-state index is -2.04. The summed E-state index contributed by atoms with van der Waals surface area (Å²) in [6.07, 6.45) is 1.28. The van der Waals surface area contributed by atoms with Crippen LogP contribution >= 0.6 is 11.3 Å². The highest BCUT2D eigenvalue weighted by atomic mass is 32.1. The quantitative estimate of drug-likeness (QED) is 0.600. The van der Waals surface area contributed by atoms with Crippen molar-refractivity contribution in [3.8, 4) is 0 Å². The standard InChI is InChI=1S/C19H24N2O3S/c1-2-11-19(24,17(22)20-12-10-16-9-6-13-25-16)18(23)21-14-15-7-4-3-5-8-15/h3-9,13,24H,2,10-12,14H2,1H3,(H,20,22)(H,21,23)/t19-/m0/s1. The molecule has 0 aliphatic rings. The lowest BCUT2D eigenvalue weighted by Crippen LogP contribution is -2.57. The number of rotatable bonds is 9. The maximum absolute atomic E-state index is 12.4. The van der Waals surface area contributed by atoms with E-state index in [1.165, 1.54) is 0 Å². The lowest BCUT2D eigenvalue weighted by molar-refractivity contribution is -0.154. The second-order valence-corrected chi connectivity index (χ2v) is 6.90. The summed E-state index contributed by atoms with van der Waals surface area (Å²) >= 11 is 1.61. The Kier molecular flexibility index (Phi) is 7.16. The fourth-order valence-corrected chi connectivity index (χ4v) is 3.23. The summed E-state index contributed by atoms with van der Waals surface area (Å²) in [7, 11) is 0. The van der Waals surface area contributed by atoms with Crippen molar-refractivity contribution in [3.05, 3.63) is 58.3 Å². The Hall–Kier alpha value is -2.18. The molecular weight excluding hydrogens is 336 g/mol. The van der Waals surface area contributed by atoms with Gasteiger partial charge in [0.2, 0.25) is 5.60 Å². The Labute approximate surface area is 152 Å². The lowest BCUT2D eigenvalue weighted by Gasteiger charge is -2.25. The van der Waals surface area contributed by atoms with Gasteiger partial charge in [0, 0.05) is 18.0 Å². The van der Waals surface area contributed by atoms with Crippen LogP contribution in [0.5, 0.6) is 0 Å².